The maximum atomic E-state index is 12.6. The molecule has 0 aromatic rings. The van der Waals surface area contributed by atoms with E-state index in [-0.39, 0.29) is 23.2 Å². The molecule has 2 aliphatic rings. The summed E-state index contributed by atoms with van der Waals surface area (Å²) in [7, 11) is 1.59. The fraction of sp³-hybridized carbons (Fsp3) is 0.769. The minimum absolute atomic E-state index is 0.0638. The molecule has 7 nitrogen and oxygen atoms in total. The maximum absolute atomic E-state index is 12.6. The molecule has 3 atom stereocenters. The zero-order chi connectivity index (χ0) is 15.6. The van der Waals surface area contributed by atoms with E-state index in [0.29, 0.717) is 18.8 Å². The Kier molecular flexibility index (Phi) is 4.97. The van der Waals surface area contributed by atoms with Crippen LogP contribution in [0.1, 0.15) is 19.8 Å². The van der Waals surface area contributed by atoms with Gasteiger partial charge in [0.1, 0.15) is 6.04 Å². The van der Waals surface area contributed by atoms with Crippen molar-refractivity contribution in [3.63, 3.8) is 0 Å². The summed E-state index contributed by atoms with van der Waals surface area (Å²) in [5, 5.41) is 11.7. The number of aliphatic carboxylic acids is 1. The molecule has 0 aliphatic carbocycles. The highest BCUT2D eigenvalue weighted by Gasteiger charge is 2.42. The molecule has 0 spiro atoms. The van der Waals surface area contributed by atoms with Crippen LogP contribution in [0.2, 0.25) is 0 Å². The Morgan fingerprint density at radius 2 is 2.05 bits per heavy atom. The van der Waals surface area contributed by atoms with Crippen LogP contribution in [0.25, 0.3) is 0 Å². The predicted octanol–water partition coefficient (Wildman–Crippen LogP) is 0.412. The molecule has 2 rings (SSSR count). The number of hydrogen-bond acceptors (Lipinski definition) is 4. The first-order chi connectivity index (χ1) is 9.95. The second-order valence-corrected chi connectivity index (χ2v) is 6.72. The molecule has 0 aromatic heterocycles. The number of amides is 3. The number of nitrogens with zero attached hydrogens (tertiary/aromatic N) is 2. The number of piperidine rings is 1. The third kappa shape index (κ3) is 3.25. The topological polar surface area (TPSA) is 90.0 Å². The Bertz CT molecular complexity index is 445. The Labute approximate surface area is 128 Å². The van der Waals surface area contributed by atoms with E-state index in [1.807, 2.05) is 6.92 Å². The van der Waals surface area contributed by atoms with Gasteiger partial charge < -0.3 is 15.3 Å². The number of nitrogens with one attached hydrogen (secondary N) is 1. The Morgan fingerprint density at radius 3 is 2.67 bits per heavy atom. The molecule has 3 amide bonds. The molecule has 2 saturated heterocycles. The molecule has 8 heteroatoms. The summed E-state index contributed by atoms with van der Waals surface area (Å²) in [6.45, 7) is 2.77. The first kappa shape index (κ1) is 15.9. The number of carbonyl (C=O) groups excluding carboxylic acids is 2. The van der Waals surface area contributed by atoms with E-state index >= 15 is 0 Å². The molecule has 2 N–H and O–H groups in total. The minimum Gasteiger partial charge on any atom is -0.480 e. The van der Waals surface area contributed by atoms with Crippen molar-refractivity contribution in [3.8, 4) is 0 Å². The van der Waals surface area contributed by atoms with Gasteiger partial charge in [-0.3, -0.25) is 9.69 Å². The maximum Gasteiger partial charge on any atom is 0.327 e. The standard InChI is InChI=1S/C13H21N3O4S/c1-8-16(10(7-21-8)12(18)19)13(20)15-5-3-4-9(6-15)11(17)14-2/h8-10H,3-7H2,1-2H3,(H,14,17)(H,18,19). The molecule has 0 aromatic carbocycles. The first-order valence-electron chi connectivity index (χ1n) is 7.09. The minimum atomic E-state index is -0.972. The average molecular weight is 315 g/mol. The number of rotatable bonds is 2. The normalized spacial score (nSPS) is 29.3. The van der Waals surface area contributed by atoms with Crippen molar-refractivity contribution in [1.82, 2.24) is 15.1 Å². The van der Waals surface area contributed by atoms with E-state index in [1.165, 1.54) is 16.7 Å². The zero-order valence-corrected chi connectivity index (χ0v) is 13.1. The summed E-state index contributed by atoms with van der Waals surface area (Å²) in [5.74, 6) is -0.831. The molecule has 0 saturated carbocycles. The number of thioether (sulfide) groups is 1. The molecular formula is C13H21N3O4S. The van der Waals surface area contributed by atoms with Gasteiger partial charge in [-0.15, -0.1) is 11.8 Å². The summed E-state index contributed by atoms with van der Waals surface area (Å²) in [6.07, 6.45) is 1.52. The van der Waals surface area contributed by atoms with Gasteiger partial charge in [-0.25, -0.2) is 9.59 Å². The summed E-state index contributed by atoms with van der Waals surface area (Å²) < 4.78 is 0. The van der Waals surface area contributed by atoms with Crippen molar-refractivity contribution in [3.05, 3.63) is 0 Å². The van der Waals surface area contributed by atoms with Crippen molar-refractivity contribution >= 4 is 29.7 Å². The lowest BCUT2D eigenvalue weighted by atomic mass is 9.97. The Hall–Kier alpha value is -1.44. The van der Waals surface area contributed by atoms with Crippen LogP contribution in [0.3, 0.4) is 0 Å². The van der Waals surface area contributed by atoms with Gasteiger partial charge in [0, 0.05) is 25.9 Å². The molecule has 2 aliphatic heterocycles. The van der Waals surface area contributed by atoms with E-state index in [1.54, 1.807) is 11.9 Å². The molecule has 21 heavy (non-hydrogen) atoms. The van der Waals surface area contributed by atoms with Gasteiger partial charge in [0.25, 0.3) is 0 Å². The van der Waals surface area contributed by atoms with Crippen LogP contribution in [0.15, 0.2) is 0 Å². The number of likely N-dealkylation sites (tertiary alicyclic amines) is 1. The van der Waals surface area contributed by atoms with E-state index in [0.717, 1.165) is 12.8 Å². The smallest absolute Gasteiger partial charge is 0.327 e. The van der Waals surface area contributed by atoms with Crippen LogP contribution in [0.5, 0.6) is 0 Å². The lowest BCUT2D eigenvalue weighted by Gasteiger charge is -2.36. The Morgan fingerprint density at radius 1 is 1.33 bits per heavy atom. The summed E-state index contributed by atoms with van der Waals surface area (Å²) in [5.41, 5.74) is 0. The molecule has 3 unspecified atom stereocenters. The molecule has 118 valence electrons. The van der Waals surface area contributed by atoms with Crippen LogP contribution >= 0.6 is 11.8 Å². The zero-order valence-electron chi connectivity index (χ0n) is 12.2. The van der Waals surface area contributed by atoms with Crippen molar-refractivity contribution in [2.45, 2.75) is 31.2 Å². The third-order valence-corrected chi connectivity index (χ3v) is 5.26. The fourth-order valence-corrected chi connectivity index (χ4v) is 4.02. The number of carboxylic acids is 1. The number of carboxylic acid groups (broad SMARTS) is 1. The quantitative estimate of drug-likeness (QED) is 0.770. The van der Waals surface area contributed by atoms with Crippen LogP contribution in [0, 0.1) is 5.92 Å². The van der Waals surface area contributed by atoms with E-state index in [2.05, 4.69) is 5.32 Å². The first-order valence-corrected chi connectivity index (χ1v) is 8.13. The molecule has 0 bridgehead atoms. The summed E-state index contributed by atoms with van der Waals surface area (Å²) in [4.78, 5) is 38.7. The van der Waals surface area contributed by atoms with Gasteiger partial charge in [-0.05, 0) is 19.8 Å². The second kappa shape index (κ2) is 6.55. The van der Waals surface area contributed by atoms with Crippen molar-refractivity contribution < 1.29 is 19.5 Å². The highest BCUT2D eigenvalue weighted by atomic mass is 32.2. The molecule has 0 radical (unpaired) electrons. The molecule has 2 fully saturated rings. The third-order valence-electron chi connectivity index (χ3n) is 4.04. The summed E-state index contributed by atoms with van der Waals surface area (Å²) >= 11 is 1.46. The van der Waals surface area contributed by atoms with E-state index in [9.17, 15) is 19.5 Å². The number of hydrogen-bond donors (Lipinski definition) is 2. The van der Waals surface area contributed by atoms with Crippen molar-refractivity contribution in [1.29, 1.82) is 0 Å². The van der Waals surface area contributed by atoms with Gasteiger partial charge in [0.15, 0.2) is 0 Å². The Balaban J connectivity index is 2.08. The van der Waals surface area contributed by atoms with Crippen LogP contribution in [0.4, 0.5) is 4.79 Å². The lowest BCUT2D eigenvalue weighted by molar-refractivity contribution is -0.141. The highest BCUT2D eigenvalue weighted by Crippen LogP contribution is 2.31. The van der Waals surface area contributed by atoms with Gasteiger partial charge in [0.2, 0.25) is 5.91 Å². The van der Waals surface area contributed by atoms with E-state index < -0.39 is 12.0 Å². The van der Waals surface area contributed by atoms with Crippen LogP contribution < -0.4 is 5.32 Å². The summed E-state index contributed by atoms with van der Waals surface area (Å²) in [6, 6.07) is -1.05. The van der Waals surface area contributed by atoms with Crippen molar-refractivity contribution in [2.24, 2.45) is 5.92 Å². The molecular weight excluding hydrogens is 294 g/mol. The fourth-order valence-electron chi connectivity index (χ4n) is 2.86. The SMILES string of the molecule is CNC(=O)C1CCCN(C(=O)N2C(C)SCC2C(=O)O)C1. The average Bonchev–Trinajstić information content (AvgIpc) is 2.87. The number of carbonyl (C=O) groups is 3. The van der Waals surface area contributed by atoms with Crippen molar-refractivity contribution in [2.75, 3.05) is 25.9 Å². The van der Waals surface area contributed by atoms with Crippen LogP contribution in [-0.2, 0) is 9.59 Å². The number of urea groups is 1. The van der Waals surface area contributed by atoms with Gasteiger partial charge in [-0.2, -0.15) is 0 Å². The predicted molar refractivity (Wildman–Crippen MR) is 78.9 cm³/mol. The van der Waals surface area contributed by atoms with Gasteiger partial charge in [0.05, 0.1) is 11.3 Å². The van der Waals surface area contributed by atoms with Gasteiger partial charge in [-0.1, -0.05) is 0 Å². The largest absolute Gasteiger partial charge is 0.480 e. The molecule has 2 heterocycles. The van der Waals surface area contributed by atoms with Gasteiger partial charge >= 0.3 is 12.0 Å². The van der Waals surface area contributed by atoms with E-state index in [4.69, 9.17) is 0 Å². The second-order valence-electron chi connectivity index (χ2n) is 5.38. The van der Waals surface area contributed by atoms with Crippen LogP contribution in [-0.4, -0.2) is 70.1 Å². The monoisotopic (exact) mass is 315 g/mol. The highest BCUT2D eigenvalue weighted by molar-refractivity contribution is 8.00. The lowest BCUT2D eigenvalue weighted by Crippen LogP contribution is -2.54.